The fourth-order valence-electron chi connectivity index (χ4n) is 1.51. The number of carbonyl (C=O) groups is 2. The summed E-state index contributed by atoms with van der Waals surface area (Å²) in [6.45, 7) is 1.43. The van der Waals surface area contributed by atoms with Gasteiger partial charge < -0.3 is 20.1 Å². The van der Waals surface area contributed by atoms with Crippen molar-refractivity contribution in [3.8, 4) is 0 Å². The molecule has 6 nitrogen and oxygen atoms in total. The van der Waals surface area contributed by atoms with Crippen molar-refractivity contribution in [1.29, 1.82) is 0 Å². The topological polar surface area (TPSA) is 78.9 Å². The van der Waals surface area contributed by atoms with E-state index in [9.17, 15) is 9.59 Å². The van der Waals surface area contributed by atoms with Crippen LogP contribution in [0.2, 0.25) is 0 Å². The number of hydrogen-bond donors (Lipinski definition) is 2. The van der Waals surface area contributed by atoms with Gasteiger partial charge in [-0.3, -0.25) is 0 Å². The molecule has 1 fully saturated rings. The molecule has 1 atom stereocenters. The summed E-state index contributed by atoms with van der Waals surface area (Å²) in [5.74, 6) is 0.929. The lowest BCUT2D eigenvalue weighted by atomic mass is 10.3. The Morgan fingerprint density at radius 2 is 2.24 bits per heavy atom. The number of carboxylic acids is 1. The number of urea groups is 1. The van der Waals surface area contributed by atoms with E-state index in [1.54, 1.807) is 4.90 Å². The number of methoxy groups -OCH3 is 1. The Morgan fingerprint density at radius 3 is 2.88 bits per heavy atom. The highest BCUT2D eigenvalue weighted by atomic mass is 32.2. The maximum absolute atomic E-state index is 11.8. The number of carboxylic acid groups (broad SMARTS) is 1. The zero-order valence-electron chi connectivity index (χ0n) is 9.85. The lowest BCUT2D eigenvalue weighted by Crippen LogP contribution is -2.45. The van der Waals surface area contributed by atoms with Crippen LogP contribution in [0.5, 0.6) is 0 Å². The van der Waals surface area contributed by atoms with Crippen molar-refractivity contribution in [3.63, 3.8) is 0 Å². The SMILES string of the molecule is COC(CNC(=O)N1CCCSCC1)C(=O)O. The van der Waals surface area contributed by atoms with Crippen molar-refractivity contribution < 1.29 is 19.4 Å². The van der Waals surface area contributed by atoms with Gasteiger partial charge in [-0.2, -0.15) is 11.8 Å². The van der Waals surface area contributed by atoms with Crippen LogP contribution >= 0.6 is 11.8 Å². The van der Waals surface area contributed by atoms with Gasteiger partial charge in [0.15, 0.2) is 6.10 Å². The Balaban J connectivity index is 2.34. The monoisotopic (exact) mass is 262 g/mol. The molecule has 1 saturated heterocycles. The van der Waals surface area contributed by atoms with Crippen LogP contribution in [-0.2, 0) is 9.53 Å². The van der Waals surface area contributed by atoms with Crippen LogP contribution in [0.3, 0.4) is 0 Å². The molecule has 0 spiro atoms. The minimum absolute atomic E-state index is 0.00565. The standard InChI is InChI=1S/C10H18N2O4S/c1-16-8(9(13)14)7-11-10(15)12-3-2-5-17-6-4-12/h8H,2-7H2,1H3,(H,11,15)(H,13,14). The summed E-state index contributed by atoms with van der Waals surface area (Å²) in [5.41, 5.74) is 0. The number of thioether (sulfide) groups is 1. The van der Waals surface area contributed by atoms with E-state index < -0.39 is 12.1 Å². The van der Waals surface area contributed by atoms with Gasteiger partial charge in [-0.25, -0.2) is 9.59 Å². The molecule has 2 N–H and O–H groups in total. The second-order valence-electron chi connectivity index (χ2n) is 3.70. The van der Waals surface area contributed by atoms with Crippen LogP contribution in [0.25, 0.3) is 0 Å². The maximum atomic E-state index is 11.8. The first-order valence-electron chi connectivity index (χ1n) is 5.51. The van der Waals surface area contributed by atoms with E-state index in [4.69, 9.17) is 9.84 Å². The number of amides is 2. The van der Waals surface area contributed by atoms with Gasteiger partial charge in [-0.05, 0) is 12.2 Å². The predicted molar refractivity (Wildman–Crippen MR) is 65.3 cm³/mol. The summed E-state index contributed by atoms with van der Waals surface area (Å²) < 4.78 is 4.74. The van der Waals surface area contributed by atoms with Gasteiger partial charge >= 0.3 is 12.0 Å². The maximum Gasteiger partial charge on any atom is 0.334 e. The van der Waals surface area contributed by atoms with Crippen LogP contribution in [0.15, 0.2) is 0 Å². The molecule has 0 aromatic carbocycles. The lowest BCUT2D eigenvalue weighted by Gasteiger charge is -2.21. The number of nitrogens with one attached hydrogen (secondary N) is 1. The Labute approximate surface area is 105 Å². The minimum atomic E-state index is -1.07. The molecule has 0 aliphatic carbocycles. The van der Waals surface area contributed by atoms with E-state index in [0.717, 1.165) is 24.5 Å². The molecular formula is C10H18N2O4S. The van der Waals surface area contributed by atoms with E-state index >= 15 is 0 Å². The van der Waals surface area contributed by atoms with Crippen LogP contribution in [-0.4, -0.2) is 66.4 Å². The molecule has 1 unspecified atom stereocenters. The highest BCUT2D eigenvalue weighted by Crippen LogP contribution is 2.09. The van der Waals surface area contributed by atoms with E-state index in [0.29, 0.717) is 6.54 Å². The first-order chi connectivity index (χ1) is 8.15. The number of ether oxygens (including phenoxy) is 1. The Bertz CT molecular complexity index is 267. The molecule has 1 rings (SSSR count). The molecule has 0 aromatic rings. The van der Waals surface area contributed by atoms with Crippen LogP contribution < -0.4 is 5.32 Å². The smallest absolute Gasteiger partial charge is 0.334 e. The van der Waals surface area contributed by atoms with Gasteiger partial charge in [-0.1, -0.05) is 0 Å². The van der Waals surface area contributed by atoms with Crippen molar-refractivity contribution in [1.82, 2.24) is 10.2 Å². The summed E-state index contributed by atoms with van der Waals surface area (Å²) in [6, 6.07) is -0.212. The highest BCUT2D eigenvalue weighted by molar-refractivity contribution is 7.99. The fourth-order valence-corrected chi connectivity index (χ4v) is 2.40. The second-order valence-corrected chi connectivity index (χ2v) is 4.93. The third-order valence-corrected chi connectivity index (χ3v) is 3.56. The molecule has 7 heteroatoms. The summed E-state index contributed by atoms with van der Waals surface area (Å²) in [5, 5.41) is 11.3. The zero-order valence-corrected chi connectivity index (χ0v) is 10.7. The lowest BCUT2D eigenvalue weighted by molar-refractivity contribution is -0.148. The van der Waals surface area contributed by atoms with Gasteiger partial charge in [-0.15, -0.1) is 0 Å². The van der Waals surface area contributed by atoms with E-state index in [1.165, 1.54) is 7.11 Å². The minimum Gasteiger partial charge on any atom is -0.479 e. The van der Waals surface area contributed by atoms with E-state index in [2.05, 4.69) is 5.32 Å². The van der Waals surface area contributed by atoms with Crippen LogP contribution in [0, 0.1) is 0 Å². The Kier molecular flexibility index (Phi) is 6.13. The molecule has 1 aliphatic heterocycles. The quantitative estimate of drug-likeness (QED) is 0.758. The molecule has 17 heavy (non-hydrogen) atoms. The van der Waals surface area contributed by atoms with Crippen molar-refractivity contribution in [2.45, 2.75) is 12.5 Å². The molecule has 0 aromatic heterocycles. The fraction of sp³-hybridized carbons (Fsp3) is 0.800. The first-order valence-corrected chi connectivity index (χ1v) is 6.66. The van der Waals surface area contributed by atoms with Gasteiger partial charge in [0.05, 0.1) is 6.54 Å². The average molecular weight is 262 g/mol. The van der Waals surface area contributed by atoms with Crippen molar-refractivity contribution in [3.05, 3.63) is 0 Å². The second kappa shape index (κ2) is 7.39. The van der Waals surface area contributed by atoms with Crippen LogP contribution in [0.1, 0.15) is 6.42 Å². The molecule has 98 valence electrons. The largest absolute Gasteiger partial charge is 0.479 e. The molecule has 0 bridgehead atoms. The molecule has 1 aliphatic rings. The first kappa shape index (κ1) is 14.1. The number of aliphatic carboxylic acids is 1. The molecule has 1 heterocycles. The van der Waals surface area contributed by atoms with Gasteiger partial charge in [0, 0.05) is 26.0 Å². The van der Waals surface area contributed by atoms with Crippen molar-refractivity contribution >= 4 is 23.8 Å². The number of carbonyl (C=O) groups excluding carboxylic acids is 1. The Morgan fingerprint density at radius 1 is 1.47 bits per heavy atom. The molecule has 0 radical (unpaired) electrons. The van der Waals surface area contributed by atoms with Crippen molar-refractivity contribution in [2.75, 3.05) is 38.2 Å². The zero-order chi connectivity index (χ0) is 12.7. The number of rotatable bonds is 4. The molecular weight excluding hydrogens is 244 g/mol. The average Bonchev–Trinajstić information content (AvgIpc) is 2.57. The Hall–Kier alpha value is -0.950. The summed E-state index contributed by atoms with van der Waals surface area (Å²) in [4.78, 5) is 24.1. The van der Waals surface area contributed by atoms with E-state index in [-0.39, 0.29) is 12.6 Å². The third-order valence-electron chi connectivity index (χ3n) is 2.51. The highest BCUT2D eigenvalue weighted by Gasteiger charge is 2.20. The van der Waals surface area contributed by atoms with Crippen molar-refractivity contribution in [2.24, 2.45) is 0 Å². The van der Waals surface area contributed by atoms with Gasteiger partial charge in [0.2, 0.25) is 0 Å². The van der Waals surface area contributed by atoms with Gasteiger partial charge in [0.1, 0.15) is 0 Å². The molecule has 0 saturated carbocycles. The van der Waals surface area contributed by atoms with Gasteiger partial charge in [0.25, 0.3) is 0 Å². The van der Waals surface area contributed by atoms with E-state index in [1.807, 2.05) is 11.8 Å². The summed E-state index contributed by atoms with van der Waals surface area (Å²) in [7, 11) is 1.31. The number of nitrogens with zero attached hydrogens (tertiary/aromatic N) is 1. The predicted octanol–water partition coefficient (Wildman–Crippen LogP) is 0.234. The normalized spacial score (nSPS) is 18.3. The summed E-state index contributed by atoms with van der Waals surface area (Å²) in [6.07, 6.45) is -0.00892. The number of hydrogen-bond acceptors (Lipinski definition) is 4. The molecule has 2 amide bonds. The summed E-state index contributed by atoms with van der Waals surface area (Å²) >= 11 is 1.83. The third kappa shape index (κ3) is 4.82. The van der Waals surface area contributed by atoms with Crippen LogP contribution in [0.4, 0.5) is 4.79 Å².